The van der Waals surface area contributed by atoms with Crippen molar-refractivity contribution in [2.24, 2.45) is 11.7 Å². The zero-order chi connectivity index (χ0) is 13.8. The van der Waals surface area contributed by atoms with Crippen LogP contribution in [0.2, 0.25) is 5.02 Å². The van der Waals surface area contributed by atoms with Gasteiger partial charge >= 0.3 is 0 Å². The minimum Gasteiger partial charge on any atom is -0.384 e. The van der Waals surface area contributed by atoms with Gasteiger partial charge < -0.3 is 15.4 Å². The van der Waals surface area contributed by atoms with Crippen molar-refractivity contribution in [1.29, 1.82) is 5.41 Å². The summed E-state index contributed by atoms with van der Waals surface area (Å²) in [7, 11) is 1.97. The second kappa shape index (κ2) is 6.26. The van der Waals surface area contributed by atoms with Crippen molar-refractivity contribution in [2.75, 3.05) is 31.7 Å². The van der Waals surface area contributed by atoms with Gasteiger partial charge in [0.25, 0.3) is 0 Å². The number of nitrogens with one attached hydrogen (secondary N) is 1. The topological polar surface area (TPSA) is 62.3 Å². The molecule has 19 heavy (non-hydrogen) atoms. The van der Waals surface area contributed by atoms with E-state index in [1.807, 2.05) is 24.1 Å². The van der Waals surface area contributed by atoms with Crippen LogP contribution in [0, 0.1) is 11.3 Å². The average Bonchev–Trinajstić information content (AvgIpc) is 3.18. The molecular formula is C14H20ClN3O. The van der Waals surface area contributed by atoms with Gasteiger partial charge in [0.05, 0.1) is 6.61 Å². The molecule has 0 aromatic heterocycles. The van der Waals surface area contributed by atoms with Crippen molar-refractivity contribution in [3.8, 4) is 0 Å². The Hall–Kier alpha value is -1.26. The Morgan fingerprint density at radius 3 is 2.89 bits per heavy atom. The van der Waals surface area contributed by atoms with Gasteiger partial charge in [0.15, 0.2) is 0 Å². The molecule has 1 fully saturated rings. The first kappa shape index (κ1) is 14.2. The van der Waals surface area contributed by atoms with Gasteiger partial charge in [0.1, 0.15) is 5.84 Å². The summed E-state index contributed by atoms with van der Waals surface area (Å²) < 4.78 is 5.62. The first-order chi connectivity index (χ1) is 9.08. The molecule has 0 heterocycles. The summed E-state index contributed by atoms with van der Waals surface area (Å²) in [6, 6.07) is 5.42. The number of hydrogen-bond donors (Lipinski definition) is 2. The number of anilines is 1. The van der Waals surface area contributed by atoms with Crippen LogP contribution in [0.25, 0.3) is 0 Å². The third kappa shape index (κ3) is 4.11. The van der Waals surface area contributed by atoms with E-state index >= 15 is 0 Å². The maximum atomic E-state index is 7.61. The zero-order valence-electron chi connectivity index (χ0n) is 11.2. The van der Waals surface area contributed by atoms with E-state index in [-0.39, 0.29) is 5.84 Å². The molecule has 1 aromatic carbocycles. The zero-order valence-corrected chi connectivity index (χ0v) is 11.9. The molecular weight excluding hydrogens is 262 g/mol. The molecule has 1 saturated carbocycles. The highest BCUT2D eigenvalue weighted by molar-refractivity contribution is 6.31. The number of ether oxygens (including phenoxy) is 1. The molecule has 0 atom stereocenters. The van der Waals surface area contributed by atoms with Crippen molar-refractivity contribution in [2.45, 2.75) is 12.8 Å². The van der Waals surface area contributed by atoms with Crippen LogP contribution in [0.4, 0.5) is 5.69 Å². The predicted octanol–water partition coefficient (Wildman–Crippen LogP) is 2.49. The Labute approximate surface area is 119 Å². The standard InChI is InChI=1S/C14H20ClN3O/c1-18(6-7-19-9-10-2-3-10)13-5-4-11(15)8-12(13)14(16)17/h4-5,8,10H,2-3,6-7,9H2,1H3,(H3,16,17). The Kier molecular flexibility index (Phi) is 4.66. The first-order valence-corrected chi connectivity index (χ1v) is 6.88. The highest BCUT2D eigenvalue weighted by Gasteiger charge is 2.21. The summed E-state index contributed by atoms with van der Waals surface area (Å²) in [5.41, 5.74) is 7.16. The fourth-order valence-corrected chi connectivity index (χ4v) is 2.09. The van der Waals surface area contributed by atoms with Gasteiger partial charge in [-0.25, -0.2) is 0 Å². The number of likely N-dealkylation sites (N-methyl/N-ethyl adjacent to an activating group) is 1. The van der Waals surface area contributed by atoms with Crippen LogP contribution in [0.1, 0.15) is 18.4 Å². The smallest absolute Gasteiger partial charge is 0.124 e. The lowest BCUT2D eigenvalue weighted by Crippen LogP contribution is -2.26. The SMILES string of the molecule is CN(CCOCC1CC1)c1ccc(Cl)cc1C(=N)N. The first-order valence-electron chi connectivity index (χ1n) is 6.50. The van der Waals surface area contributed by atoms with Gasteiger partial charge in [-0.1, -0.05) is 11.6 Å². The van der Waals surface area contributed by atoms with Gasteiger partial charge in [-0.3, -0.25) is 5.41 Å². The molecule has 0 amide bonds. The quantitative estimate of drug-likeness (QED) is 0.458. The van der Waals surface area contributed by atoms with Crippen LogP contribution in [-0.4, -0.2) is 32.6 Å². The summed E-state index contributed by atoms with van der Waals surface area (Å²) in [5, 5.41) is 8.20. The van der Waals surface area contributed by atoms with Crippen molar-refractivity contribution in [3.63, 3.8) is 0 Å². The number of nitrogens with zero attached hydrogens (tertiary/aromatic N) is 1. The summed E-state index contributed by atoms with van der Waals surface area (Å²) in [6.45, 7) is 2.33. The van der Waals surface area contributed by atoms with Crippen LogP contribution >= 0.6 is 11.6 Å². The lowest BCUT2D eigenvalue weighted by atomic mass is 10.1. The summed E-state index contributed by atoms with van der Waals surface area (Å²) in [4.78, 5) is 2.04. The van der Waals surface area contributed by atoms with E-state index in [0.717, 1.165) is 24.8 Å². The molecule has 0 unspecified atom stereocenters. The van der Waals surface area contributed by atoms with Crippen LogP contribution in [0.3, 0.4) is 0 Å². The fourth-order valence-electron chi connectivity index (χ4n) is 1.91. The number of amidine groups is 1. The van der Waals surface area contributed by atoms with Crippen LogP contribution in [0.15, 0.2) is 18.2 Å². The Bertz CT molecular complexity index is 460. The van der Waals surface area contributed by atoms with E-state index in [2.05, 4.69) is 0 Å². The summed E-state index contributed by atoms with van der Waals surface area (Å²) in [6.07, 6.45) is 2.61. The number of hydrogen-bond acceptors (Lipinski definition) is 3. The second-order valence-corrected chi connectivity index (χ2v) is 5.45. The van der Waals surface area contributed by atoms with Gasteiger partial charge in [0.2, 0.25) is 0 Å². The molecule has 3 N–H and O–H groups in total. The highest BCUT2D eigenvalue weighted by Crippen LogP contribution is 2.28. The van der Waals surface area contributed by atoms with E-state index in [9.17, 15) is 0 Å². The largest absolute Gasteiger partial charge is 0.384 e. The molecule has 0 bridgehead atoms. The van der Waals surface area contributed by atoms with E-state index < -0.39 is 0 Å². The van der Waals surface area contributed by atoms with E-state index in [1.54, 1.807) is 6.07 Å². The van der Waals surface area contributed by atoms with E-state index in [1.165, 1.54) is 12.8 Å². The van der Waals surface area contributed by atoms with Gasteiger partial charge in [-0.2, -0.15) is 0 Å². The van der Waals surface area contributed by atoms with Crippen molar-refractivity contribution < 1.29 is 4.74 Å². The lowest BCUT2D eigenvalue weighted by Gasteiger charge is -2.22. The molecule has 104 valence electrons. The minimum absolute atomic E-state index is 0.0308. The number of nitrogens with two attached hydrogens (primary N) is 1. The van der Waals surface area contributed by atoms with Crippen molar-refractivity contribution in [3.05, 3.63) is 28.8 Å². The van der Waals surface area contributed by atoms with Crippen molar-refractivity contribution >= 4 is 23.1 Å². The normalized spacial score (nSPS) is 14.4. The molecule has 0 radical (unpaired) electrons. The molecule has 0 saturated heterocycles. The third-order valence-electron chi connectivity index (χ3n) is 3.28. The number of benzene rings is 1. The van der Waals surface area contributed by atoms with Crippen LogP contribution in [-0.2, 0) is 4.74 Å². The van der Waals surface area contributed by atoms with Gasteiger partial charge in [-0.15, -0.1) is 0 Å². The lowest BCUT2D eigenvalue weighted by molar-refractivity contribution is 0.131. The molecule has 0 spiro atoms. The maximum absolute atomic E-state index is 7.61. The van der Waals surface area contributed by atoms with E-state index in [4.69, 9.17) is 27.5 Å². The average molecular weight is 282 g/mol. The highest BCUT2D eigenvalue weighted by atomic mass is 35.5. The molecule has 1 aliphatic carbocycles. The number of nitrogen functional groups attached to an aromatic ring is 1. The van der Waals surface area contributed by atoms with Crippen molar-refractivity contribution in [1.82, 2.24) is 0 Å². The Morgan fingerprint density at radius 2 is 2.26 bits per heavy atom. The summed E-state index contributed by atoms with van der Waals surface area (Å²) in [5.74, 6) is 0.817. The van der Waals surface area contributed by atoms with E-state index in [0.29, 0.717) is 17.2 Å². The molecule has 0 aliphatic heterocycles. The minimum atomic E-state index is 0.0308. The predicted molar refractivity (Wildman–Crippen MR) is 79.3 cm³/mol. The Balaban J connectivity index is 1.92. The monoisotopic (exact) mass is 281 g/mol. The van der Waals surface area contributed by atoms with Gasteiger partial charge in [-0.05, 0) is 37.0 Å². The Morgan fingerprint density at radius 1 is 1.53 bits per heavy atom. The molecule has 1 aromatic rings. The molecule has 1 aliphatic rings. The summed E-state index contributed by atoms with van der Waals surface area (Å²) >= 11 is 5.94. The number of halogens is 1. The fraction of sp³-hybridized carbons (Fsp3) is 0.500. The maximum Gasteiger partial charge on any atom is 0.124 e. The number of rotatable bonds is 7. The van der Waals surface area contributed by atoms with Crippen LogP contribution in [0.5, 0.6) is 0 Å². The van der Waals surface area contributed by atoms with Gasteiger partial charge in [0, 0.05) is 36.5 Å². The molecule has 4 nitrogen and oxygen atoms in total. The molecule has 2 rings (SSSR count). The third-order valence-corrected chi connectivity index (χ3v) is 3.52. The molecule has 5 heteroatoms. The second-order valence-electron chi connectivity index (χ2n) is 5.01. The van der Waals surface area contributed by atoms with Crippen LogP contribution < -0.4 is 10.6 Å².